The van der Waals surface area contributed by atoms with Gasteiger partial charge < -0.3 is 0 Å². The van der Waals surface area contributed by atoms with Crippen LogP contribution in [0.3, 0.4) is 0 Å². The van der Waals surface area contributed by atoms with Gasteiger partial charge in [-0.2, -0.15) is 0 Å². The third-order valence-electron chi connectivity index (χ3n) is 4.70. The SMILES string of the molecule is CC1=C(C)C(C)=C(C(=O)/C=C/C2CCCCC2)C(=O)C1. The Morgan fingerprint density at radius 3 is 2.35 bits per heavy atom. The number of ketones is 2. The van der Waals surface area contributed by atoms with Crippen LogP contribution in [-0.2, 0) is 9.59 Å². The van der Waals surface area contributed by atoms with E-state index in [1.807, 2.05) is 26.8 Å². The van der Waals surface area contributed by atoms with E-state index in [4.69, 9.17) is 0 Å². The molecule has 0 N–H and O–H groups in total. The van der Waals surface area contributed by atoms with E-state index in [-0.39, 0.29) is 11.6 Å². The highest BCUT2D eigenvalue weighted by Crippen LogP contribution is 2.29. The second kappa shape index (κ2) is 6.34. The van der Waals surface area contributed by atoms with Crippen LogP contribution in [0.4, 0.5) is 0 Å². The van der Waals surface area contributed by atoms with E-state index in [0.717, 1.165) is 16.7 Å². The molecule has 20 heavy (non-hydrogen) atoms. The van der Waals surface area contributed by atoms with Crippen LogP contribution in [0.2, 0.25) is 0 Å². The van der Waals surface area contributed by atoms with E-state index in [1.54, 1.807) is 6.08 Å². The van der Waals surface area contributed by atoms with Crippen molar-refractivity contribution in [2.24, 2.45) is 5.92 Å². The molecule has 0 aromatic carbocycles. The normalized spacial score (nSPS) is 22.1. The molecule has 0 amide bonds. The maximum absolute atomic E-state index is 12.3. The Morgan fingerprint density at radius 2 is 1.70 bits per heavy atom. The zero-order valence-corrected chi connectivity index (χ0v) is 12.8. The first-order valence-corrected chi connectivity index (χ1v) is 7.64. The lowest BCUT2D eigenvalue weighted by molar-refractivity contribution is -0.119. The number of carbonyl (C=O) groups excluding carboxylic acids is 2. The van der Waals surface area contributed by atoms with E-state index in [0.29, 0.717) is 17.9 Å². The highest BCUT2D eigenvalue weighted by atomic mass is 16.1. The maximum atomic E-state index is 12.3. The predicted molar refractivity (Wildman–Crippen MR) is 81.4 cm³/mol. The zero-order valence-electron chi connectivity index (χ0n) is 12.8. The predicted octanol–water partition coefficient (Wildman–Crippen LogP) is 4.32. The van der Waals surface area contributed by atoms with Gasteiger partial charge in [0.15, 0.2) is 11.6 Å². The van der Waals surface area contributed by atoms with Crippen LogP contribution in [0, 0.1) is 5.92 Å². The number of rotatable bonds is 3. The number of Topliss-reactive ketones (excluding diaryl/α,β-unsaturated/α-hetero) is 1. The molecule has 0 atom stereocenters. The summed E-state index contributed by atoms with van der Waals surface area (Å²) in [6, 6.07) is 0. The topological polar surface area (TPSA) is 34.1 Å². The summed E-state index contributed by atoms with van der Waals surface area (Å²) in [7, 11) is 0. The number of hydrogen-bond acceptors (Lipinski definition) is 2. The van der Waals surface area contributed by atoms with Crippen LogP contribution in [0.1, 0.15) is 59.3 Å². The van der Waals surface area contributed by atoms with Gasteiger partial charge in [0, 0.05) is 6.42 Å². The smallest absolute Gasteiger partial charge is 0.189 e. The molecule has 0 aliphatic heterocycles. The quantitative estimate of drug-likeness (QED) is 0.566. The molecule has 2 rings (SSSR count). The lowest BCUT2D eigenvalue weighted by Gasteiger charge is -2.19. The minimum absolute atomic E-state index is 0.0242. The molecule has 0 saturated heterocycles. The molecule has 2 aliphatic carbocycles. The number of carbonyl (C=O) groups is 2. The molecule has 0 bridgehead atoms. The summed E-state index contributed by atoms with van der Waals surface area (Å²) >= 11 is 0. The molecule has 0 radical (unpaired) electrons. The van der Waals surface area contributed by atoms with Crippen molar-refractivity contribution in [3.8, 4) is 0 Å². The molecule has 0 spiro atoms. The molecule has 2 heteroatoms. The Labute approximate surface area is 121 Å². The first-order chi connectivity index (χ1) is 9.50. The molecule has 1 saturated carbocycles. The van der Waals surface area contributed by atoms with Crippen molar-refractivity contribution in [3.63, 3.8) is 0 Å². The summed E-state index contributed by atoms with van der Waals surface area (Å²) in [5.74, 6) is 0.388. The van der Waals surface area contributed by atoms with Gasteiger partial charge in [0.25, 0.3) is 0 Å². The van der Waals surface area contributed by atoms with Gasteiger partial charge in [0.05, 0.1) is 5.57 Å². The summed E-state index contributed by atoms with van der Waals surface area (Å²) in [5.41, 5.74) is 3.44. The van der Waals surface area contributed by atoms with Crippen molar-refractivity contribution in [2.75, 3.05) is 0 Å². The Balaban J connectivity index is 2.15. The molecule has 0 aromatic rings. The fourth-order valence-corrected chi connectivity index (χ4v) is 3.13. The second-order valence-corrected chi connectivity index (χ2v) is 6.13. The van der Waals surface area contributed by atoms with E-state index in [1.165, 1.54) is 32.1 Å². The fraction of sp³-hybridized carbons (Fsp3) is 0.556. The van der Waals surface area contributed by atoms with Crippen molar-refractivity contribution < 1.29 is 9.59 Å². The Kier molecular flexibility index (Phi) is 4.74. The van der Waals surface area contributed by atoms with Crippen molar-refractivity contribution >= 4 is 11.6 Å². The van der Waals surface area contributed by atoms with E-state index in [9.17, 15) is 9.59 Å². The van der Waals surface area contributed by atoms with Gasteiger partial charge in [-0.3, -0.25) is 9.59 Å². The van der Waals surface area contributed by atoms with E-state index >= 15 is 0 Å². The van der Waals surface area contributed by atoms with Gasteiger partial charge in [-0.05, 0) is 56.8 Å². The average molecular weight is 272 g/mol. The summed E-state index contributed by atoms with van der Waals surface area (Å²) in [4.78, 5) is 24.4. The Bertz CT molecular complexity index is 512. The van der Waals surface area contributed by atoms with Crippen LogP contribution < -0.4 is 0 Å². The highest BCUT2D eigenvalue weighted by Gasteiger charge is 2.25. The maximum Gasteiger partial charge on any atom is 0.189 e. The van der Waals surface area contributed by atoms with Gasteiger partial charge in [-0.25, -0.2) is 0 Å². The zero-order chi connectivity index (χ0) is 14.7. The van der Waals surface area contributed by atoms with Crippen LogP contribution in [0.5, 0.6) is 0 Å². The monoisotopic (exact) mass is 272 g/mol. The largest absolute Gasteiger partial charge is 0.294 e. The second-order valence-electron chi connectivity index (χ2n) is 6.13. The van der Waals surface area contributed by atoms with Gasteiger partial charge in [-0.1, -0.05) is 30.9 Å². The van der Waals surface area contributed by atoms with Gasteiger partial charge in [-0.15, -0.1) is 0 Å². The first-order valence-electron chi connectivity index (χ1n) is 7.64. The lowest BCUT2D eigenvalue weighted by Crippen LogP contribution is -2.18. The minimum atomic E-state index is -0.107. The van der Waals surface area contributed by atoms with E-state index < -0.39 is 0 Å². The lowest BCUT2D eigenvalue weighted by atomic mass is 9.84. The van der Waals surface area contributed by atoms with Crippen molar-refractivity contribution in [2.45, 2.75) is 59.3 Å². The molecule has 108 valence electrons. The molecular weight excluding hydrogens is 248 g/mol. The molecule has 2 aliphatic rings. The standard InChI is InChI=1S/C18H24O2/c1-12-11-17(20)18(14(3)13(12)2)16(19)10-9-15-7-5-4-6-8-15/h9-10,15H,4-8,11H2,1-3H3/b10-9+. The van der Waals surface area contributed by atoms with Gasteiger partial charge in [0.1, 0.15) is 0 Å². The molecule has 0 aromatic heterocycles. The average Bonchev–Trinajstić information content (AvgIpc) is 2.44. The van der Waals surface area contributed by atoms with Crippen LogP contribution >= 0.6 is 0 Å². The first kappa shape index (κ1) is 15.0. The number of hydrogen-bond donors (Lipinski definition) is 0. The van der Waals surface area contributed by atoms with Crippen molar-refractivity contribution in [1.29, 1.82) is 0 Å². The Hall–Kier alpha value is -1.44. The van der Waals surface area contributed by atoms with Crippen LogP contribution in [-0.4, -0.2) is 11.6 Å². The van der Waals surface area contributed by atoms with E-state index in [2.05, 4.69) is 0 Å². The van der Waals surface area contributed by atoms with Gasteiger partial charge >= 0.3 is 0 Å². The molecule has 1 fully saturated rings. The summed E-state index contributed by atoms with van der Waals surface area (Å²) in [6.07, 6.45) is 10.2. The van der Waals surface area contributed by atoms with Gasteiger partial charge in [0.2, 0.25) is 0 Å². The number of allylic oxidation sites excluding steroid dienone is 6. The molecule has 0 heterocycles. The highest BCUT2D eigenvalue weighted by molar-refractivity contribution is 6.26. The van der Waals surface area contributed by atoms with Crippen LogP contribution in [0.15, 0.2) is 34.4 Å². The third-order valence-corrected chi connectivity index (χ3v) is 4.70. The van der Waals surface area contributed by atoms with Crippen molar-refractivity contribution in [1.82, 2.24) is 0 Å². The summed E-state index contributed by atoms with van der Waals surface area (Å²) < 4.78 is 0. The Morgan fingerprint density at radius 1 is 1.05 bits per heavy atom. The fourth-order valence-electron chi connectivity index (χ4n) is 3.13. The summed E-state index contributed by atoms with van der Waals surface area (Å²) in [5, 5.41) is 0. The molecule has 2 nitrogen and oxygen atoms in total. The van der Waals surface area contributed by atoms with Crippen molar-refractivity contribution in [3.05, 3.63) is 34.4 Å². The third kappa shape index (κ3) is 3.17. The molecule has 0 unspecified atom stereocenters. The van der Waals surface area contributed by atoms with Crippen LogP contribution in [0.25, 0.3) is 0 Å². The molecular formula is C18H24O2. The minimum Gasteiger partial charge on any atom is -0.294 e. The summed E-state index contributed by atoms with van der Waals surface area (Å²) in [6.45, 7) is 5.85.